The van der Waals surface area contributed by atoms with Crippen LogP contribution in [0.4, 0.5) is 16.0 Å². The molecule has 2 aromatic heterocycles. The molecule has 0 saturated carbocycles. The molecule has 170 valence electrons. The molecule has 1 atom stereocenters. The van der Waals surface area contributed by atoms with E-state index in [4.69, 9.17) is 26.4 Å². The van der Waals surface area contributed by atoms with E-state index in [1.54, 1.807) is 36.3 Å². The highest BCUT2D eigenvalue weighted by Gasteiger charge is 2.25. The lowest BCUT2D eigenvalue weighted by Crippen LogP contribution is -2.09. The van der Waals surface area contributed by atoms with Crippen LogP contribution in [0.1, 0.15) is 42.1 Å². The summed E-state index contributed by atoms with van der Waals surface area (Å²) < 4.78 is 23.4. The van der Waals surface area contributed by atoms with Crippen molar-refractivity contribution < 1.29 is 9.13 Å². The molecule has 2 aromatic carbocycles. The molecule has 33 heavy (non-hydrogen) atoms. The molecule has 0 aliphatic carbocycles. The van der Waals surface area contributed by atoms with Crippen LogP contribution in [-0.2, 0) is 6.54 Å². The number of ether oxygens (including phenoxy) is 1. The average molecular weight is 467 g/mol. The number of aryl methyl sites for hydroxylation is 2. The van der Waals surface area contributed by atoms with Crippen LogP contribution in [0.25, 0.3) is 5.69 Å². The van der Waals surface area contributed by atoms with Gasteiger partial charge in [0.25, 0.3) is 0 Å². The van der Waals surface area contributed by atoms with Gasteiger partial charge in [-0.25, -0.2) is 14.1 Å². The lowest BCUT2D eigenvalue weighted by atomic mass is 9.92. The van der Waals surface area contributed by atoms with Crippen molar-refractivity contribution in [3.63, 3.8) is 0 Å². The van der Waals surface area contributed by atoms with E-state index < -0.39 is 0 Å². The van der Waals surface area contributed by atoms with Gasteiger partial charge in [0.1, 0.15) is 28.9 Å². The second kappa shape index (κ2) is 8.86. The highest BCUT2D eigenvalue weighted by Crippen LogP contribution is 2.34. The van der Waals surface area contributed by atoms with Crippen molar-refractivity contribution in [2.45, 2.75) is 38.6 Å². The Hall–Kier alpha value is -3.39. The molecule has 0 radical (unpaired) electrons. The van der Waals surface area contributed by atoms with Gasteiger partial charge in [-0.2, -0.15) is 4.98 Å². The fraction of sp³-hybridized carbons (Fsp3) is 0.292. The minimum absolute atomic E-state index is 0.00727. The number of methoxy groups -OCH3 is 1. The van der Waals surface area contributed by atoms with Crippen molar-refractivity contribution in [3.05, 3.63) is 76.8 Å². The second-order valence-corrected chi connectivity index (χ2v) is 8.63. The van der Waals surface area contributed by atoms with E-state index in [0.29, 0.717) is 16.9 Å². The Morgan fingerprint density at radius 1 is 1.18 bits per heavy atom. The first kappa shape index (κ1) is 21.5. The fourth-order valence-electron chi connectivity index (χ4n) is 4.38. The summed E-state index contributed by atoms with van der Waals surface area (Å²) in [5.74, 6) is 1.81. The molecule has 0 amide bonds. The number of hydrogen-bond donors (Lipinski definition) is 1. The topological polar surface area (TPSA) is 69.8 Å². The molecule has 0 saturated heterocycles. The standard InChI is InChI=1S/C24H24ClFN6O/c1-15-9-16(11-17(26)10-15)19-5-3-4-8-32-23(19)29-24(30-32)28-18-6-7-20(21(12-18)33-2)31-13-22(25)27-14-31/h6-7,9-14,19H,3-5,8H2,1-2H3,(H,28,30)/t19-/m1/s1. The van der Waals surface area contributed by atoms with Crippen LogP contribution in [-0.4, -0.2) is 31.4 Å². The first-order chi connectivity index (χ1) is 16.0. The third-order valence-corrected chi connectivity index (χ3v) is 6.05. The second-order valence-electron chi connectivity index (χ2n) is 8.24. The van der Waals surface area contributed by atoms with E-state index in [9.17, 15) is 4.39 Å². The lowest BCUT2D eigenvalue weighted by Gasteiger charge is -2.15. The molecular weight excluding hydrogens is 443 g/mol. The van der Waals surface area contributed by atoms with E-state index in [-0.39, 0.29) is 11.7 Å². The van der Waals surface area contributed by atoms with Gasteiger partial charge in [0.2, 0.25) is 5.95 Å². The molecule has 9 heteroatoms. The van der Waals surface area contributed by atoms with E-state index in [1.807, 2.05) is 35.9 Å². The van der Waals surface area contributed by atoms with Gasteiger partial charge in [-0.1, -0.05) is 24.1 Å². The van der Waals surface area contributed by atoms with Crippen molar-refractivity contribution in [2.24, 2.45) is 0 Å². The zero-order valence-corrected chi connectivity index (χ0v) is 19.2. The summed E-state index contributed by atoms with van der Waals surface area (Å²) >= 11 is 5.95. The molecule has 0 unspecified atom stereocenters. The number of halogens is 2. The average Bonchev–Trinajstić information content (AvgIpc) is 3.33. The third-order valence-electron chi connectivity index (χ3n) is 5.86. The number of anilines is 2. The summed E-state index contributed by atoms with van der Waals surface area (Å²) in [4.78, 5) is 8.86. The molecule has 5 rings (SSSR count). The van der Waals surface area contributed by atoms with Crippen molar-refractivity contribution in [2.75, 3.05) is 12.4 Å². The predicted octanol–water partition coefficient (Wildman–Crippen LogP) is 5.63. The number of fused-ring (bicyclic) bond motifs is 1. The van der Waals surface area contributed by atoms with Crippen molar-refractivity contribution in [1.29, 1.82) is 0 Å². The minimum atomic E-state index is -0.218. The number of nitrogens with zero attached hydrogens (tertiary/aromatic N) is 5. The molecule has 0 fully saturated rings. The fourth-order valence-corrected chi connectivity index (χ4v) is 4.53. The van der Waals surface area contributed by atoms with Crippen LogP contribution in [0, 0.1) is 12.7 Å². The summed E-state index contributed by atoms with van der Waals surface area (Å²) in [6.07, 6.45) is 6.32. The van der Waals surface area contributed by atoms with E-state index >= 15 is 0 Å². The number of rotatable bonds is 5. The molecule has 3 heterocycles. The van der Waals surface area contributed by atoms with Gasteiger partial charge in [0, 0.05) is 30.4 Å². The first-order valence-corrected chi connectivity index (χ1v) is 11.2. The molecule has 1 N–H and O–H groups in total. The molecule has 0 spiro atoms. The van der Waals surface area contributed by atoms with E-state index in [2.05, 4.69) is 10.3 Å². The third kappa shape index (κ3) is 4.43. The molecule has 4 aromatic rings. The predicted molar refractivity (Wildman–Crippen MR) is 125 cm³/mol. The Morgan fingerprint density at radius 3 is 2.82 bits per heavy atom. The Morgan fingerprint density at radius 2 is 2.06 bits per heavy atom. The molecule has 1 aliphatic heterocycles. The van der Waals surface area contributed by atoms with Gasteiger partial charge < -0.3 is 14.6 Å². The zero-order valence-electron chi connectivity index (χ0n) is 18.4. The van der Waals surface area contributed by atoms with Gasteiger partial charge in [0.05, 0.1) is 12.8 Å². The summed E-state index contributed by atoms with van der Waals surface area (Å²) in [5.41, 5.74) is 3.46. The van der Waals surface area contributed by atoms with Gasteiger partial charge >= 0.3 is 0 Å². The van der Waals surface area contributed by atoms with Gasteiger partial charge in [-0.05, 0) is 55.2 Å². The largest absolute Gasteiger partial charge is 0.494 e. The summed E-state index contributed by atoms with van der Waals surface area (Å²) in [7, 11) is 1.61. The number of imidazole rings is 1. The maximum absolute atomic E-state index is 14.1. The number of nitrogens with one attached hydrogen (secondary N) is 1. The quantitative estimate of drug-likeness (QED) is 0.412. The smallest absolute Gasteiger partial charge is 0.246 e. The van der Waals surface area contributed by atoms with Crippen LogP contribution in [0.15, 0.2) is 48.9 Å². The maximum atomic E-state index is 14.1. The SMILES string of the molecule is COc1cc(Nc2nc3n(n2)CCCC[C@@H]3c2cc(C)cc(F)c2)ccc1-n1cnc(Cl)c1. The number of aromatic nitrogens is 5. The number of hydrogen-bond acceptors (Lipinski definition) is 5. The van der Waals surface area contributed by atoms with Crippen LogP contribution in [0.5, 0.6) is 5.75 Å². The summed E-state index contributed by atoms with van der Waals surface area (Å²) in [6.45, 7) is 2.70. The summed E-state index contributed by atoms with van der Waals surface area (Å²) in [6, 6.07) is 10.9. The minimum Gasteiger partial charge on any atom is -0.494 e. The first-order valence-electron chi connectivity index (χ1n) is 10.9. The van der Waals surface area contributed by atoms with Crippen LogP contribution < -0.4 is 10.1 Å². The molecular formula is C24H24ClFN6O. The van der Waals surface area contributed by atoms with Crippen molar-refractivity contribution >= 4 is 23.2 Å². The Balaban J connectivity index is 1.45. The molecule has 7 nitrogen and oxygen atoms in total. The Bertz CT molecular complexity index is 1280. The van der Waals surface area contributed by atoms with Gasteiger partial charge in [-0.3, -0.25) is 0 Å². The molecule has 0 bridgehead atoms. The van der Waals surface area contributed by atoms with Crippen molar-refractivity contribution in [1.82, 2.24) is 24.3 Å². The Kier molecular flexibility index (Phi) is 5.76. The van der Waals surface area contributed by atoms with Gasteiger partial charge in [-0.15, -0.1) is 5.10 Å². The van der Waals surface area contributed by atoms with Crippen molar-refractivity contribution in [3.8, 4) is 11.4 Å². The number of benzene rings is 2. The van der Waals surface area contributed by atoms with Crippen LogP contribution >= 0.6 is 11.6 Å². The van der Waals surface area contributed by atoms with E-state index in [0.717, 1.165) is 54.1 Å². The normalized spacial score (nSPS) is 15.7. The highest BCUT2D eigenvalue weighted by molar-refractivity contribution is 6.29. The van der Waals surface area contributed by atoms with Gasteiger partial charge in [0.15, 0.2) is 0 Å². The van der Waals surface area contributed by atoms with E-state index in [1.165, 1.54) is 0 Å². The highest BCUT2D eigenvalue weighted by atomic mass is 35.5. The van der Waals surface area contributed by atoms with Crippen LogP contribution in [0.3, 0.4) is 0 Å². The monoisotopic (exact) mass is 466 g/mol. The molecule has 1 aliphatic rings. The van der Waals surface area contributed by atoms with Crippen LogP contribution in [0.2, 0.25) is 5.15 Å². The lowest BCUT2D eigenvalue weighted by molar-refractivity contribution is 0.413. The zero-order chi connectivity index (χ0) is 22.9. The Labute approximate surface area is 196 Å². The maximum Gasteiger partial charge on any atom is 0.246 e. The summed E-state index contributed by atoms with van der Waals surface area (Å²) in [5, 5.41) is 8.39.